The Morgan fingerprint density at radius 3 is 2.85 bits per heavy atom. The molecule has 2 heterocycles. The van der Waals surface area contributed by atoms with Crippen molar-refractivity contribution in [2.75, 3.05) is 18.6 Å². The van der Waals surface area contributed by atoms with E-state index < -0.39 is 0 Å². The first-order valence-corrected chi connectivity index (χ1v) is 9.13. The summed E-state index contributed by atoms with van der Waals surface area (Å²) in [7, 11) is 1.52. The van der Waals surface area contributed by atoms with Crippen molar-refractivity contribution in [1.82, 2.24) is 9.97 Å². The van der Waals surface area contributed by atoms with Gasteiger partial charge in [-0.05, 0) is 43.0 Å². The molecule has 2 aromatic carbocycles. The summed E-state index contributed by atoms with van der Waals surface area (Å²) in [5, 5.41) is 0. The second-order valence-electron chi connectivity index (χ2n) is 6.59. The first-order chi connectivity index (χ1) is 13.1. The number of para-hydroxylation sites is 1. The highest BCUT2D eigenvalue weighted by Gasteiger charge is 2.28. The van der Waals surface area contributed by atoms with Crippen LogP contribution in [0, 0.1) is 0 Å². The van der Waals surface area contributed by atoms with E-state index in [4.69, 9.17) is 4.74 Å². The van der Waals surface area contributed by atoms with Crippen molar-refractivity contribution in [3.63, 3.8) is 0 Å². The Bertz CT molecular complexity index is 1090. The molecule has 6 heteroatoms. The Morgan fingerprint density at radius 2 is 2.07 bits per heavy atom. The molecule has 27 heavy (non-hydrogen) atoms. The number of hydrogen-bond donors (Lipinski definition) is 1. The summed E-state index contributed by atoms with van der Waals surface area (Å²) in [6.45, 7) is 2.50. The van der Waals surface area contributed by atoms with Crippen LogP contribution in [-0.2, 0) is 12.8 Å². The number of ether oxygens (including phenoxy) is 1. The van der Waals surface area contributed by atoms with Crippen molar-refractivity contribution in [3.05, 3.63) is 63.6 Å². The number of aryl methyl sites for hydroxylation is 2. The van der Waals surface area contributed by atoms with Crippen LogP contribution in [-0.4, -0.2) is 29.5 Å². The largest absolute Gasteiger partial charge is 0.496 e. The Labute approximate surface area is 156 Å². The summed E-state index contributed by atoms with van der Waals surface area (Å²) in [5.74, 6) is 0.239. The number of methoxy groups -OCH3 is 1. The standard InChI is InChI=1S/C21H21N3O3/c1-3-14-20(25)23-19-15(22-14)10-11-17(27-2)18(19)21(26)24-12-6-8-13-7-4-5-9-16(13)24/h4-5,7,9-11H,3,6,8,12H2,1-2H3,(H,23,25). The topological polar surface area (TPSA) is 75.3 Å². The number of rotatable bonds is 3. The minimum absolute atomic E-state index is 0.189. The molecule has 0 unspecified atom stereocenters. The Hall–Kier alpha value is -3.15. The number of benzene rings is 2. The molecular weight excluding hydrogens is 342 g/mol. The van der Waals surface area contributed by atoms with Crippen LogP contribution in [0.5, 0.6) is 5.75 Å². The van der Waals surface area contributed by atoms with E-state index >= 15 is 0 Å². The second kappa shape index (κ2) is 6.87. The lowest BCUT2D eigenvalue weighted by molar-refractivity contribution is 0.0983. The van der Waals surface area contributed by atoms with Gasteiger partial charge in [-0.15, -0.1) is 0 Å². The smallest absolute Gasteiger partial charge is 0.270 e. The fourth-order valence-corrected chi connectivity index (χ4v) is 3.68. The van der Waals surface area contributed by atoms with E-state index in [9.17, 15) is 9.59 Å². The van der Waals surface area contributed by atoms with E-state index in [-0.39, 0.29) is 11.5 Å². The first-order valence-electron chi connectivity index (χ1n) is 9.13. The minimum Gasteiger partial charge on any atom is -0.496 e. The number of aromatic amines is 1. The van der Waals surface area contributed by atoms with Gasteiger partial charge in [-0.3, -0.25) is 9.59 Å². The maximum absolute atomic E-state index is 13.5. The fourth-order valence-electron chi connectivity index (χ4n) is 3.68. The molecule has 1 amide bonds. The average molecular weight is 363 g/mol. The van der Waals surface area contributed by atoms with Crippen LogP contribution >= 0.6 is 0 Å². The van der Waals surface area contributed by atoms with Crippen molar-refractivity contribution in [3.8, 4) is 5.75 Å². The molecule has 0 radical (unpaired) electrons. The maximum atomic E-state index is 13.5. The van der Waals surface area contributed by atoms with Crippen LogP contribution in [0.25, 0.3) is 11.0 Å². The van der Waals surface area contributed by atoms with Gasteiger partial charge in [0.05, 0.1) is 18.1 Å². The molecule has 0 atom stereocenters. The maximum Gasteiger partial charge on any atom is 0.270 e. The van der Waals surface area contributed by atoms with Gasteiger partial charge in [-0.1, -0.05) is 25.1 Å². The van der Waals surface area contributed by atoms with Gasteiger partial charge in [0.2, 0.25) is 0 Å². The molecule has 1 N–H and O–H groups in total. The first kappa shape index (κ1) is 17.3. The third kappa shape index (κ3) is 2.87. The highest BCUT2D eigenvalue weighted by molar-refractivity contribution is 6.15. The Balaban J connectivity index is 1.92. The third-order valence-electron chi connectivity index (χ3n) is 5.03. The van der Waals surface area contributed by atoms with E-state index in [1.54, 1.807) is 17.0 Å². The van der Waals surface area contributed by atoms with Gasteiger partial charge in [0.25, 0.3) is 11.5 Å². The number of carbonyl (C=O) groups excluding carboxylic acids is 1. The normalized spacial score (nSPS) is 13.5. The summed E-state index contributed by atoms with van der Waals surface area (Å²) >= 11 is 0. The summed E-state index contributed by atoms with van der Waals surface area (Å²) < 4.78 is 5.45. The molecule has 0 spiro atoms. The monoisotopic (exact) mass is 363 g/mol. The van der Waals surface area contributed by atoms with Crippen molar-refractivity contribution in [2.24, 2.45) is 0 Å². The highest BCUT2D eigenvalue weighted by atomic mass is 16.5. The number of nitrogens with zero attached hydrogens (tertiary/aromatic N) is 2. The van der Waals surface area contributed by atoms with Crippen LogP contribution in [0.4, 0.5) is 5.69 Å². The molecule has 0 bridgehead atoms. The van der Waals surface area contributed by atoms with Gasteiger partial charge < -0.3 is 14.6 Å². The quantitative estimate of drug-likeness (QED) is 0.776. The summed E-state index contributed by atoms with van der Waals surface area (Å²) in [6.07, 6.45) is 2.37. The Morgan fingerprint density at radius 1 is 1.26 bits per heavy atom. The number of anilines is 1. The molecule has 1 aliphatic rings. The summed E-state index contributed by atoms with van der Waals surface area (Å²) in [6, 6.07) is 11.4. The molecule has 1 aromatic heterocycles. The predicted molar refractivity (Wildman–Crippen MR) is 105 cm³/mol. The van der Waals surface area contributed by atoms with Crippen molar-refractivity contribution in [2.45, 2.75) is 26.2 Å². The second-order valence-corrected chi connectivity index (χ2v) is 6.59. The number of fused-ring (bicyclic) bond motifs is 2. The number of aromatic nitrogens is 2. The zero-order valence-electron chi connectivity index (χ0n) is 15.4. The van der Waals surface area contributed by atoms with Crippen LogP contribution in [0.1, 0.15) is 35.0 Å². The number of nitrogens with one attached hydrogen (secondary N) is 1. The zero-order valence-corrected chi connectivity index (χ0v) is 15.4. The van der Waals surface area contributed by atoms with Gasteiger partial charge in [0.1, 0.15) is 17.0 Å². The molecule has 0 saturated heterocycles. The molecule has 1 aliphatic heterocycles. The molecule has 4 rings (SSSR count). The summed E-state index contributed by atoms with van der Waals surface area (Å²) in [5.41, 5.74) is 3.59. The third-order valence-corrected chi connectivity index (χ3v) is 5.03. The number of amides is 1. The van der Waals surface area contributed by atoms with E-state index in [0.717, 1.165) is 24.1 Å². The highest BCUT2D eigenvalue weighted by Crippen LogP contribution is 2.32. The zero-order chi connectivity index (χ0) is 19.0. The van der Waals surface area contributed by atoms with Crippen LogP contribution in [0.3, 0.4) is 0 Å². The van der Waals surface area contributed by atoms with Crippen LogP contribution < -0.4 is 15.2 Å². The van der Waals surface area contributed by atoms with Crippen molar-refractivity contribution >= 4 is 22.6 Å². The molecular formula is C21H21N3O3. The van der Waals surface area contributed by atoms with Crippen molar-refractivity contribution in [1.29, 1.82) is 0 Å². The van der Waals surface area contributed by atoms with E-state index in [2.05, 4.69) is 9.97 Å². The van der Waals surface area contributed by atoms with E-state index in [1.165, 1.54) is 7.11 Å². The molecule has 6 nitrogen and oxygen atoms in total. The Kier molecular flexibility index (Phi) is 4.39. The van der Waals surface area contributed by atoms with Gasteiger partial charge in [0.15, 0.2) is 0 Å². The lowest BCUT2D eigenvalue weighted by atomic mass is 10.00. The molecule has 0 fully saturated rings. The number of hydrogen-bond acceptors (Lipinski definition) is 4. The molecule has 138 valence electrons. The molecule has 0 saturated carbocycles. The van der Waals surface area contributed by atoms with Gasteiger partial charge in [-0.2, -0.15) is 0 Å². The van der Waals surface area contributed by atoms with E-state index in [0.29, 0.717) is 41.0 Å². The van der Waals surface area contributed by atoms with Crippen molar-refractivity contribution < 1.29 is 9.53 Å². The number of H-pyrrole nitrogens is 1. The van der Waals surface area contributed by atoms with Crippen LogP contribution in [0.15, 0.2) is 41.2 Å². The molecule has 0 aliphatic carbocycles. The number of carbonyl (C=O) groups is 1. The lowest BCUT2D eigenvalue weighted by Crippen LogP contribution is -2.36. The lowest BCUT2D eigenvalue weighted by Gasteiger charge is -2.30. The predicted octanol–water partition coefficient (Wildman–Crippen LogP) is 3.09. The molecule has 3 aromatic rings. The van der Waals surface area contributed by atoms with Crippen LogP contribution in [0.2, 0.25) is 0 Å². The van der Waals surface area contributed by atoms with Gasteiger partial charge >= 0.3 is 0 Å². The summed E-state index contributed by atoms with van der Waals surface area (Å²) in [4.78, 5) is 34.9. The average Bonchev–Trinajstić information content (AvgIpc) is 2.71. The van der Waals surface area contributed by atoms with E-state index in [1.807, 2.05) is 31.2 Å². The minimum atomic E-state index is -0.272. The fraction of sp³-hybridized carbons (Fsp3) is 0.286. The van der Waals surface area contributed by atoms with Gasteiger partial charge in [-0.25, -0.2) is 4.98 Å². The van der Waals surface area contributed by atoms with Gasteiger partial charge in [0, 0.05) is 12.2 Å². The SMILES string of the molecule is CCc1nc2ccc(OC)c(C(=O)N3CCCc4ccccc43)c2[nH]c1=O.